The Morgan fingerprint density at radius 3 is 2.22 bits per heavy atom. The minimum absolute atomic E-state index is 0.0478. The van der Waals surface area contributed by atoms with Crippen LogP contribution in [-0.2, 0) is 10.0 Å². The summed E-state index contributed by atoms with van der Waals surface area (Å²) >= 11 is 0. The van der Waals surface area contributed by atoms with Crippen molar-refractivity contribution in [2.75, 3.05) is 5.32 Å². The van der Waals surface area contributed by atoms with Gasteiger partial charge in [-0.05, 0) is 35.9 Å². The Morgan fingerprint density at radius 2 is 1.52 bits per heavy atom. The van der Waals surface area contributed by atoms with Gasteiger partial charge in [-0.15, -0.1) is 0 Å². The molecule has 0 unspecified atom stereocenters. The molecule has 27 heavy (non-hydrogen) atoms. The second-order valence-electron chi connectivity index (χ2n) is 5.61. The van der Waals surface area contributed by atoms with Gasteiger partial charge < -0.3 is 5.32 Å². The van der Waals surface area contributed by atoms with E-state index in [1.807, 2.05) is 24.3 Å². The number of rotatable bonds is 6. The molecule has 3 aromatic rings. The highest BCUT2D eigenvalue weighted by atomic mass is 32.2. The smallest absolute Gasteiger partial charge is 0.276 e. The lowest BCUT2D eigenvalue weighted by molar-refractivity contribution is 0.102. The second kappa shape index (κ2) is 8.29. The third-order valence-electron chi connectivity index (χ3n) is 3.62. The minimum atomic E-state index is -3.89. The summed E-state index contributed by atoms with van der Waals surface area (Å²) in [5.74, 6) is -0.397. The standard InChI is InChI=1S/C20H17N3O3S/c24-20(22-18-11-5-2-6-12-18)17-10-7-13-19(14-17)27(25,26)23-21-15-16-8-3-1-4-9-16/h1-15,23H,(H,22,24)/b21-15+. The molecule has 0 radical (unpaired) electrons. The van der Waals surface area contributed by atoms with Crippen molar-refractivity contribution in [2.24, 2.45) is 5.10 Å². The van der Waals surface area contributed by atoms with Crippen molar-refractivity contribution in [3.8, 4) is 0 Å². The predicted octanol–water partition coefficient (Wildman–Crippen LogP) is 3.25. The largest absolute Gasteiger partial charge is 0.322 e. The molecule has 0 fully saturated rings. The van der Waals surface area contributed by atoms with Crippen LogP contribution in [0.4, 0.5) is 5.69 Å². The summed E-state index contributed by atoms with van der Waals surface area (Å²) in [4.78, 5) is 14.4. The van der Waals surface area contributed by atoms with E-state index in [0.717, 1.165) is 5.56 Å². The molecular weight excluding hydrogens is 362 g/mol. The molecule has 6 nitrogen and oxygen atoms in total. The van der Waals surface area contributed by atoms with Gasteiger partial charge in [-0.2, -0.15) is 13.5 Å². The molecule has 0 heterocycles. The molecule has 0 saturated carbocycles. The van der Waals surface area contributed by atoms with Gasteiger partial charge in [0, 0.05) is 11.3 Å². The average molecular weight is 379 g/mol. The average Bonchev–Trinajstić information content (AvgIpc) is 2.69. The lowest BCUT2D eigenvalue weighted by Gasteiger charge is -2.07. The van der Waals surface area contributed by atoms with E-state index in [-0.39, 0.29) is 10.5 Å². The molecule has 0 bridgehead atoms. The number of anilines is 1. The first kappa shape index (κ1) is 18.3. The Bertz CT molecular complexity index is 1050. The molecule has 0 aliphatic heterocycles. The first-order valence-electron chi connectivity index (χ1n) is 8.11. The van der Waals surface area contributed by atoms with Crippen LogP contribution < -0.4 is 10.1 Å². The van der Waals surface area contributed by atoms with Crippen LogP contribution in [0.3, 0.4) is 0 Å². The third-order valence-corrected chi connectivity index (χ3v) is 4.84. The summed E-state index contributed by atoms with van der Waals surface area (Å²) in [6, 6.07) is 23.8. The quantitative estimate of drug-likeness (QED) is 0.509. The molecule has 0 aliphatic carbocycles. The van der Waals surface area contributed by atoms with Crippen molar-refractivity contribution in [2.45, 2.75) is 4.90 Å². The maximum absolute atomic E-state index is 12.4. The number of hydrogen-bond acceptors (Lipinski definition) is 4. The number of hydrazone groups is 1. The Hall–Kier alpha value is -3.45. The van der Waals surface area contributed by atoms with Gasteiger partial charge in [-0.25, -0.2) is 4.83 Å². The molecule has 1 amide bonds. The summed E-state index contributed by atoms with van der Waals surface area (Å²) in [6.45, 7) is 0. The van der Waals surface area contributed by atoms with E-state index in [2.05, 4.69) is 15.2 Å². The number of hydrogen-bond donors (Lipinski definition) is 2. The van der Waals surface area contributed by atoms with Crippen molar-refractivity contribution in [1.82, 2.24) is 4.83 Å². The predicted molar refractivity (Wildman–Crippen MR) is 105 cm³/mol. The number of nitrogens with one attached hydrogen (secondary N) is 2. The van der Waals surface area contributed by atoms with Crippen molar-refractivity contribution >= 4 is 27.8 Å². The second-order valence-corrected chi connectivity index (χ2v) is 7.27. The van der Waals surface area contributed by atoms with Gasteiger partial charge in [0.15, 0.2) is 0 Å². The van der Waals surface area contributed by atoms with Crippen LogP contribution in [-0.4, -0.2) is 20.5 Å². The lowest BCUT2D eigenvalue weighted by Crippen LogP contribution is -2.19. The van der Waals surface area contributed by atoms with Crippen molar-refractivity contribution < 1.29 is 13.2 Å². The van der Waals surface area contributed by atoms with E-state index in [1.165, 1.54) is 24.4 Å². The van der Waals surface area contributed by atoms with Crippen molar-refractivity contribution in [3.05, 3.63) is 96.1 Å². The Morgan fingerprint density at radius 1 is 0.852 bits per heavy atom. The van der Waals surface area contributed by atoms with Crippen LogP contribution in [0.25, 0.3) is 0 Å². The van der Waals surface area contributed by atoms with Crippen LogP contribution in [0.15, 0.2) is 94.9 Å². The van der Waals surface area contributed by atoms with Gasteiger partial charge in [-0.3, -0.25) is 4.79 Å². The van der Waals surface area contributed by atoms with Crippen LogP contribution in [0.2, 0.25) is 0 Å². The summed E-state index contributed by atoms with van der Waals surface area (Å²) in [5, 5.41) is 6.49. The molecule has 7 heteroatoms. The van der Waals surface area contributed by atoms with Crippen molar-refractivity contribution in [1.29, 1.82) is 0 Å². The zero-order valence-electron chi connectivity index (χ0n) is 14.2. The SMILES string of the molecule is O=C(Nc1ccccc1)c1cccc(S(=O)(=O)N/N=C/c2ccccc2)c1. The molecule has 0 aromatic heterocycles. The number of nitrogens with zero attached hydrogens (tertiary/aromatic N) is 1. The van der Waals surface area contributed by atoms with E-state index in [4.69, 9.17) is 0 Å². The number of carbonyl (C=O) groups is 1. The summed E-state index contributed by atoms with van der Waals surface area (Å²) in [6.07, 6.45) is 1.41. The first-order valence-corrected chi connectivity index (χ1v) is 9.59. The molecule has 136 valence electrons. The van der Waals surface area contributed by atoms with Gasteiger partial charge >= 0.3 is 0 Å². The molecule has 2 N–H and O–H groups in total. The maximum atomic E-state index is 12.4. The highest BCUT2D eigenvalue weighted by molar-refractivity contribution is 7.89. The van der Waals surface area contributed by atoms with Crippen LogP contribution >= 0.6 is 0 Å². The molecule has 0 spiro atoms. The first-order chi connectivity index (χ1) is 13.0. The summed E-state index contributed by atoms with van der Waals surface area (Å²) in [7, 11) is -3.89. The Kier molecular flexibility index (Phi) is 5.63. The highest BCUT2D eigenvalue weighted by Gasteiger charge is 2.15. The number of carbonyl (C=O) groups excluding carboxylic acids is 1. The highest BCUT2D eigenvalue weighted by Crippen LogP contribution is 2.14. The molecule has 3 rings (SSSR count). The number of sulfonamides is 1. The fourth-order valence-electron chi connectivity index (χ4n) is 2.29. The van der Waals surface area contributed by atoms with Crippen LogP contribution in [0.5, 0.6) is 0 Å². The number of para-hydroxylation sites is 1. The Balaban J connectivity index is 1.73. The van der Waals surface area contributed by atoms with Gasteiger partial charge in [-0.1, -0.05) is 54.6 Å². The molecular formula is C20H17N3O3S. The fraction of sp³-hybridized carbons (Fsp3) is 0. The molecule has 3 aromatic carbocycles. The van der Waals surface area contributed by atoms with Gasteiger partial charge in [0.05, 0.1) is 11.1 Å². The monoisotopic (exact) mass is 379 g/mol. The van der Waals surface area contributed by atoms with E-state index in [1.54, 1.807) is 42.5 Å². The third kappa shape index (κ3) is 5.02. The van der Waals surface area contributed by atoms with Gasteiger partial charge in [0.1, 0.15) is 0 Å². The van der Waals surface area contributed by atoms with Crippen LogP contribution in [0.1, 0.15) is 15.9 Å². The van der Waals surface area contributed by atoms with E-state index < -0.39 is 15.9 Å². The minimum Gasteiger partial charge on any atom is -0.322 e. The zero-order valence-corrected chi connectivity index (χ0v) is 15.1. The molecule has 0 aliphatic rings. The Labute approximate surface area is 157 Å². The molecule has 0 atom stereocenters. The van der Waals surface area contributed by atoms with Crippen LogP contribution in [0, 0.1) is 0 Å². The van der Waals surface area contributed by atoms with E-state index in [0.29, 0.717) is 5.69 Å². The number of amides is 1. The lowest BCUT2D eigenvalue weighted by atomic mass is 10.2. The zero-order chi connectivity index (χ0) is 19.1. The van der Waals surface area contributed by atoms with Crippen molar-refractivity contribution in [3.63, 3.8) is 0 Å². The number of benzene rings is 3. The fourth-order valence-corrected chi connectivity index (χ4v) is 3.13. The summed E-state index contributed by atoms with van der Waals surface area (Å²) < 4.78 is 24.8. The van der Waals surface area contributed by atoms with Gasteiger partial charge in [0.25, 0.3) is 15.9 Å². The normalized spacial score (nSPS) is 11.3. The van der Waals surface area contributed by atoms with Gasteiger partial charge in [0.2, 0.25) is 0 Å². The topological polar surface area (TPSA) is 87.6 Å². The summed E-state index contributed by atoms with van der Waals surface area (Å²) in [5.41, 5.74) is 1.62. The van der Waals surface area contributed by atoms with E-state index in [9.17, 15) is 13.2 Å². The van der Waals surface area contributed by atoms with E-state index >= 15 is 0 Å². The maximum Gasteiger partial charge on any atom is 0.276 e. The molecule has 0 saturated heterocycles.